The fourth-order valence-corrected chi connectivity index (χ4v) is 3.32. The summed E-state index contributed by atoms with van der Waals surface area (Å²) in [5, 5.41) is -0.00646. The lowest BCUT2D eigenvalue weighted by Gasteiger charge is -2.16. The SMILES string of the molecule is CCONC(=O)C(C)Sc1nc(COC)c(Cc2ccccc2)c(=O)n1C. The molecule has 8 heteroatoms. The van der Waals surface area contributed by atoms with E-state index in [0.717, 1.165) is 5.56 Å². The molecule has 0 aliphatic heterocycles. The molecule has 0 saturated heterocycles. The van der Waals surface area contributed by atoms with Crippen LogP contribution in [0.25, 0.3) is 0 Å². The number of nitrogens with zero attached hydrogens (tertiary/aromatic N) is 2. The lowest BCUT2D eigenvalue weighted by molar-refractivity contribution is -0.132. The normalized spacial score (nSPS) is 12.0. The molecule has 1 heterocycles. The number of methoxy groups -OCH3 is 1. The van der Waals surface area contributed by atoms with E-state index >= 15 is 0 Å². The topological polar surface area (TPSA) is 82.5 Å². The Kier molecular flexibility index (Phi) is 8.02. The van der Waals surface area contributed by atoms with Crippen molar-refractivity contribution in [3.8, 4) is 0 Å². The van der Waals surface area contributed by atoms with Crippen molar-refractivity contribution in [2.75, 3.05) is 13.7 Å². The van der Waals surface area contributed by atoms with Gasteiger partial charge in [0.05, 0.1) is 24.2 Å². The van der Waals surface area contributed by atoms with E-state index in [4.69, 9.17) is 9.57 Å². The number of rotatable bonds is 9. The van der Waals surface area contributed by atoms with Crippen molar-refractivity contribution in [2.24, 2.45) is 7.05 Å². The molecule has 1 aromatic heterocycles. The average Bonchev–Trinajstić information content (AvgIpc) is 2.67. The Morgan fingerprint density at radius 2 is 2.04 bits per heavy atom. The maximum absolute atomic E-state index is 12.9. The molecule has 146 valence electrons. The Balaban J connectivity index is 2.32. The molecular formula is C19H25N3O4S. The summed E-state index contributed by atoms with van der Waals surface area (Å²) in [7, 11) is 3.23. The first-order chi connectivity index (χ1) is 13.0. The second-order valence-electron chi connectivity index (χ2n) is 5.94. The van der Waals surface area contributed by atoms with Crippen molar-refractivity contribution in [3.63, 3.8) is 0 Å². The van der Waals surface area contributed by atoms with Gasteiger partial charge in [0, 0.05) is 26.1 Å². The molecule has 0 saturated carbocycles. The molecule has 7 nitrogen and oxygen atoms in total. The van der Waals surface area contributed by atoms with Crippen LogP contribution >= 0.6 is 11.8 Å². The van der Waals surface area contributed by atoms with E-state index in [9.17, 15) is 9.59 Å². The number of carbonyl (C=O) groups is 1. The molecule has 0 aliphatic carbocycles. The number of benzene rings is 1. The van der Waals surface area contributed by atoms with Crippen molar-refractivity contribution in [2.45, 2.75) is 37.3 Å². The van der Waals surface area contributed by atoms with Gasteiger partial charge < -0.3 is 4.74 Å². The summed E-state index contributed by atoms with van der Waals surface area (Å²) in [6, 6.07) is 9.75. The van der Waals surface area contributed by atoms with Gasteiger partial charge in [-0.25, -0.2) is 10.5 Å². The quantitative estimate of drug-likeness (QED) is 0.400. The molecule has 0 aliphatic rings. The Bertz CT molecular complexity index is 824. The van der Waals surface area contributed by atoms with Crippen LogP contribution in [0.4, 0.5) is 0 Å². The van der Waals surface area contributed by atoms with Crippen molar-refractivity contribution in [1.29, 1.82) is 0 Å². The van der Waals surface area contributed by atoms with Crippen LogP contribution in [-0.4, -0.2) is 34.4 Å². The van der Waals surface area contributed by atoms with Gasteiger partial charge in [-0.1, -0.05) is 42.1 Å². The minimum atomic E-state index is -0.468. The standard InChI is InChI=1S/C19H25N3O4S/c1-5-26-21-17(23)13(2)27-19-20-16(12-25-4)15(18(24)22(19)3)11-14-9-7-6-8-10-14/h6-10,13H,5,11-12H2,1-4H3,(H,21,23). The number of hydrogen-bond donors (Lipinski definition) is 1. The summed E-state index contributed by atoms with van der Waals surface area (Å²) in [6.45, 7) is 4.13. The molecule has 0 bridgehead atoms. The van der Waals surface area contributed by atoms with Crippen LogP contribution in [0.15, 0.2) is 40.3 Å². The highest BCUT2D eigenvalue weighted by Gasteiger charge is 2.20. The van der Waals surface area contributed by atoms with Crippen molar-refractivity contribution >= 4 is 17.7 Å². The number of aromatic nitrogens is 2. The molecule has 1 atom stereocenters. The maximum atomic E-state index is 12.9. The van der Waals surface area contributed by atoms with Crippen LogP contribution in [0.1, 0.15) is 30.7 Å². The van der Waals surface area contributed by atoms with Crippen LogP contribution in [0.5, 0.6) is 0 Å². The first kappa shape index (κ1) is 21.1. The van der Waals surface area contributed by atoms with Gasteiger partial charge in [0.1, 0.15) is 0 Å². The third-order valence-corrected chi connectivity index (χ3v) is 5.05. The van der Waals surface area contributed by atoms with Gasteiger partial charge >= 0.3 is 0 Å². The largest absolute Gasteiger partial charge is 0.378 e. The molecule has 27 heavy (non-hydrogen) atoms. The molecule has 1 amide bonds. The number of nitrogens with one attached hydrogen (secondary N) is 1. The molecule has 2 rings (SSSR count). The lowest BCUT2D eigenvalue weighted by Crippen LogP contribution is -2.32. The Morgan fingerprint density at radius 1 is 1.33 bits per heavy atom. The van der Waals surface area contributed by atoms with Crippen LogP contribution < -0.4 is 11.0 Å². The van der Waals surface area contributed by atoms with Gasteiger partial charge in [0.25, 0.3) is 11.5 Å². The number of amides is 1. The summed E-state index contributed by atoms with van der Waals surface area (Å²) >= 11 is 1.20. The zero-order valence-corrected chi connectivity index (χ0v) is 16.8. The Morgan fingerprint density at radius 3 is 2.67 bits per heavy atom. The minimum absolute atomic E-state index is 0.138. The number of carbonyl (C=O) groups excluding carboxylic acids is 1. The highest BCUT2D eigenvalue weighted by molar-refractivity contribution is 8.00. The molecule has 2 aromatic rings. The first-order valence-corrected chi connectivity index (χ1v) is 9.55. The predicted molar refractivity (Wildman–Crippen MR) is 105 cm³/mol. The lowest BCUT2D eigenvalue weighted by atomic mass is 10.0. The number of hydrogen-bond acceptors (Lipinski definition) is 6. The van der Waals surface area contributed by atoms with E-state index in [1.807, 2.05) is 30.3 Å². The van der Waals surface area contributed by atoms with Crippen molar-refractivity contribution in [1.82, 2.24) is 15.0 Å². The average molecular weight is 391 g/mol. The number of hydroxylamine groups is 1. The molecule has 0 spiro atoms. The molecular weight excluding hydrogens is 366 g/mol. The fourth-order valence-electron chi connectivity index (χ4n) is 2.45. The third-order valence-electron chi connectivity index (χ3n) is 3.90. The summed E-state index contributed by atoms with van der Waals surface area (Å²) in [5.74, 6) is -0.280. The summed E-state index contributed by atoms with van der Waals surface area (Å²) in [4.78, 5) is 34.5. The summed E-state index contributed by atoms with van der Waals surface area (Å²) in [6.07, 6.45) is 0.477. The van der Waals surface area contributed by atoms with Crippen LogP contribution in [0, 0.1) is 0 Å². The second kappa shape index (κ2) is 10.2. The molecule has 1 N–H and O–H groups in total. The minimum Gasteiger partial charge on any atom is -0.378 e. The monoisotopic (exact) mass is 391 g/mol. The highest BCUT2D eigenvalue weighted by Crippen LogP contribution is 2.22. The van der Waals surface area contributed by atoms with Gasteiger partial charge in [0.15, 0.2) is 5.16 Å². The first-order valence-electron chi connectivity index (χ1n) is 8.67. The number of thioether (sulfide) groups is 1. The van der Waals surface area contributed by atoms with Crippen molar-refractivity contribution in [3.05, 3.63) is 57.5 Å². The summed E-state index contributed by atoms with van der Waals surface area (Å²) in [5.41, 5.74) is 4.44. The van der Waals surface area contributed by atoms with Gasteiger partial charge in [-0.3, -0.25) is 19.0 Å². The van der Waals surface area contributed by atoms with Crippen LogP contribution in [-0.2, 0) is 34.4 Å². The highest BCUT2D eigenvalue weighted by atomic mass is 32.2. The van der Waals surface area contributed by atoms with Crippen LogP contribution in [0.2, 0.25) is 0 Å². The van der Waals surface area contributed by atoms with Gasteiger partial charge in [0.2, 0.25) is 0 Å². The molecule has 1 unspecified atom stereocenters. The Hall–Kier alpha value is -2.16. The Labute approximate surface area is 163 Å². The van der Waals surface area contributed by atoms with Gasteiger partial charge in [-0.15, -0.1) is 0 Å². The van der Waals surface area contributed by atoms with E-state index in [-0.39, 0.29) is 18.1 Å². The second-order valence-corrected chi connectivity index (χ2v) is 7.25. The van der Waals surface area contributed by atoms with E-state index < -0.39 is 5.25 Å². The summed E-state index contributed by atoms with van der Waals surface area (Å²) < 4.78 is 6.72. The van der Waals surface area contributed by atoms with Gasteiger partial charge in [-0.2, -0.15) is 0 Å². The van der Waals surface area contributed by atoms with E-state index in [1.165, 1.54) is 16.3 Å². The van der Waals surface area contributed by atoms with E-state index in [2.05, 4.69) is 10.5 Å². The van der Waals surface area contributed by atoms with E-state index in [1.54, 1.807) is 28.0 Å². The van der Waals surface area contributed by atoms with Gasteiger partial charge in [-0.05, 0) is 19.4 Å². The zero-order chi connectivity index (χ0) is 19.8. The van der Waals surface area contributed by atoms with E-state index in [0.29, 0.717) is 29.4 Å². The van der Waals surface area contributed by atoms with Crippen molar-refractivity contribution < 1.29 is 14.4 Å². The molecule has 0 radical (unpaired) electrons. The molecule has 1 aromatic carbocycles. The smallest absolute Gasteiger partial charge is 0.257 e. The van der Waals surface area contributed by atoms with Crippen LogP contribution in [0.3, 0.4) is 0 Å². The molecule has 0 fully saturated rings. The fraction of sp³-hybridized carbons (Fsp3) is 0.421. The zero-order valence-electron chi connectivity index (χ0n) is 16.0. The number of ether oxygens (including phenoxy) is 1. The maximum Gasteiger partial charge on any atom is 0.257 e. The third kappa shape index (κ3) is 5.66. The predicted octanol–water partition coefficient (Wildman–Crippen LogP) is 2.07.